The smallest absolute Gasteiger partial charge is 0.160 e. The first-order valence-electron chi connectivity index (χ1n) is 3.25. The van der Waals surface area contributed by atoms with Crippen molar-refractivity contribution in [3.63, 3.8) is 0 Å². The van der Waals surface area contributed by atoms with Crippen LogP contribution in [0.25, 0.3) is 0 Å². The molecule has 1 rings (SSSR count). The molecule has 0 aliphatic carbocycles. The minimum atomic E-state index is -0.201. The number of hydrogen-bond donors (Lipinski definition) is 2. The normalized spacial score (nSPS) is 9.83. The van der Waals surface area contributed by atoms with Crippen molar-refractivity contribution in [2.24, 2.45) is 0 Å². The highest BCUT2D eigenvalue weighted by Crippen LogP contribution is 2.33. The molecule has 0 aromatic heterocycles. The van der Waals surface area contributed by atoms with Crippen LogP contribution in [0, 0.1) is 0 Å². The van der Waals surface area contributed by atoms with Gasteiger partial charge in [0.1, 0.15) is 16.0 Å². The average Bonchev–Trinajstić information content (AvgIpc) is 1.99. The molecule has 0 atom stereocenters. The van der Waals surface area contributed by atoms with Crippen molar-refractivity contribution in [2.45, 2.75) is 6.92 Å². The minimum absolute atomic E-state index is 0.139. The van der Waals surface area contributed by atoms with Crippen molar-refractivity contribution >= 4 is 21.7 Å². The second kappa shape index (κ2) is 3.15. The third-order valence-electron chi connectivity index (χ3n) is 1.44. The summed E-state index contributed by atoms with van der Waals surface area (Å²) in [6.45, 7) is 1.36. The van der Waals surface area contributed by atoms with Crippen LogP contribution in [0.5, 0.6) is 11.5 Å². The number of rotatable bonds is 1. The van der Waals surface area contributed by atoms with E-state index in [0.29, 0.717) is 0 Å². The van der Waals surface area contributed by atoms with E-state index in [2.05, 4.69) is 15.9 Å². The number of ketones is 1. The molecule has 0 saturated heterocycles. The molecule has 0 spiro atoms. The van der Waals surface area contributed by atoms with Crippen LogP contribution in [0.1, 0.15) is 17.3 Å². The van der Waals surface area contributed by atoms with Crippen LogP contribution in [-0.4, -0.2) is 16.0 Å². The zero-order valence-electron chi connectivity index (χ0n) is 6.34. The number of carbonyl (C=O) groups is 1. The molecule has 4 heteroatoms. The molecule has 12 heavy (non-hydrogen) atoms. The van der Waals surface area contributed by atoms with Crippen LogP contribution >= 0.6 is 15.9 Å². The Morgan fingerprint density at radius 3 is 2.08 bits per heavy atom. The predicted octanol–water partition coefficient (Wildman–Crippen LogP) is 2.06. The summed E-state index contributed by atoms with van der Waals surface area (Å²) in [5, 5.41) is 18.3. The number of carbonyl (C=O) groups excluding carboxylic acids is 1. The van der Waals surface area contributed by atoms with Crippen LogP contribution in [-0.2, 0) is 0 Å². The molecule has 0 heterocycles. The fourth-order valence-corrected chi connectivity index (χ4v) is 1.03. The van der Waals surface area contributed by atoms with E-state index < -0.39 is 0 Å². The van der Waals surface area contributed by atoms with Crippen LogP contribution in [0.15, 0.2) is 16.6 Å². The van der Waals surface area contributed by atoms with E-state index in [1.165, 1.54) is 19.1 Å². The van der Waals surface area contributed by atoms with Gasteiger partial charge in [0.05, 0.1) is 0 Å². The average molecular weight is 231 g/mol. The molecule has 1 aromatic carbocycles. The highest BCUT2D eigenvalue weighted by molar-refractivity contribution is 9.10. The molecule has 0 saturated carbocycles. The largest absolute Gasteiger partial charge is 0.507 e. The van der Waals surface area contributed by atoms with Crippen LogP contribution in [0.3, 0.4) is 0 Å². The molecule has 64 valence electrons. The third-order valence-corrected chi connectivity index (χ3v) is 2.25. The maximum atomic E-state index is 10.8. The van der Waals surface area contributed by atoms with Crippen molar-refractivity contribution in [2.75, 3.05) is 0 Å². The Balaban J connectivity index is 3.31. The summed E-state index contributed by atoms with van der Waals surface area (Å²) < 4.78 is 0.201. The van der Waals surface area contributed by atoms with Crippen molar-refractivity contribution in [3.05, 3.63) is 22.2 Å². The lowest BCUT2D eigenvalue weighted by Crippen LogP contribution is -1.91. The molecule has 0 bridgehead atoms. The van der Waals surface area contributed by atoms with Crippen molar-refractivity contribution < 1.29 is 15.0 Å². The Hall–Kier alpha value is -1.03. The number of Topliss-reactive ketones (excluding diaryl/α,β-unsaturated/α-hetero) is 1. The van der Waals surface area contributed by atoms with E-state index in [1.807, 2.05) is 0 Å². The van der Waals surface area contributed by atoms with Gasteiger partial charge in [0.2, 0.25) is 0 Å². The summed E-state index contributed by atoms with van der Waals surface area (Å²) in [6, 6.07) is 2.60. The highest BCUT2D eigenvalue weighted by Gasteiger charge is 2.08. The van der Waals surface area contributed by atoms with E-state index >= 15 is 0 Å². The molecule has 0 aliphatic rings. The molecule has 3 nitrogen and oxygen atoms in total. The van der Waals surface area contributed by atoms with E-state index in [0.717, 1.165) is 0 Å². The first-order valence-corrected chi connectivity index (χ1v) is 4.04. The fourth-order valence-electron chi connectivity index (χ4n) is 0.797. The molecule has 0 fully saturated rings. The maximum Gasteiger partial charge on any atom is 0.160 e. The summed E-state index contributed by atoms with van der Waals surface area (Å²) in [4.78, 5) is 10.8. The topological polar surface area (TPSA) is 57.5 Å². The third kappa shape index (κ3) is 1.58. The van der Waals surface area contributed by atoms with Gasteiger partial charge in [-0.05, 0) is 35.0 Å². The van der Waals surface area contributed by atoms with Crippen molar-refractivity contribution in [1.82, 2.24) is 0 Å². The number of benzene rings is 1. The predicted molar refractivity (Wildman–Crippen MR) is 47.5 cm³/mol. The van der Waals surface area contributed by atoms with Gasteiger partial charge in [0.15, 0.2) is 5.78 Å². The molecular formula is C8H7BrO3. The van der Waals surface area contributed by atoms with E-state index in [1.54, 1.807) is 0 Å². The van der Waals surface area contributed by atoms with Crippen LogP contribution < -0.4 is 0 Å². The van der Waals surface area contributed by atoms with E-state index in [-0.39, 0.29) is 27.3 Å². The molecule has 0 unspecified atom stereocenters. The summed E-state index contributed by atoms with van der Waals surface area (Å²) in [7, 11) is 0. The molecular weight excluding hydrogens is 224 g/mol. The van der Waals surface area contributed by atoms with Crippen LogP contribution in [0.2, 0.25) is 0 Å². The second-order valence-corrected chi connectivity index (χ2v) is 3.18. The molecule has 0 aliphatic heterocycles. The molecule has 2 N–H and O–H groups in total. The lowest BCUT2D eigenvalue weighted by atomic mass is 10.1. The Labute approximate surface area is 77.8 Å². The number of halogens is 1. The van der Waals surface area contributed by atoms with Gasteiger partial charge in [-0.1, -0.05) is 0 Å². The number of aromatic hydroxyl groups is 2. The first kappa shape index (κ1) is 9.06. The fraction of sp³-hybridized carbons (Fsp3) is 0.125. The lowest BCUT2D eigenvalue weighted by molar-refractivity contribution is 0.101. The maximum absolute atomic E-state index is 10.8. The summed E-state index contributed by atoms with van der Waals surface area (Å²) >= 11 is 2.95. The van der Waals surface area contributed by atoms with Gasteiger partial charge >= 0.3 is 0 Å². The van der Waals surface area contributed by atoms with Gasteiger partial charge in [-0.15, -0.1) is 0 Å². The van der Waals surface area contributed by atoms with Gasteiger partial charge in [-0.3, -0.25) is 4.79 Å². The number of hydrogen-bond acceptors (Lipinski definition) is 3. The standard InChI is InChI=1S/C8H7BrO3/c1-4(10)5-2-6(11)8(9)7(12)3-5/h2-3,11-12H,1H3. The zero-order valence-corrected chi connectivity index (χ0v) is 7.92. The number of phenolic OH excluding ortho intramolecular Hbond substituents is 2. The first-order chi connectivity index (χ1) is 5.52. The summed E-state index contributed by atoms with van der Waals surface area (Å²) in [5.74, 6) is -0.478. The van der Waals surface area contributed by atoms with Gasteiger partial charge < -0.3 is 10.2 Å². The van der Waals surface area contributed by atoms with E-state index in [9.17, 15) is 15.0 Å². The quantitative estimate of drug-likeness (QED) is 0.727. The van der Waals surface area contributed by atoms with Gasteiger partial charge in [0.25, 0.3) is 0 Å². The molecule has 0 radical (unpaired) electrons. The monoisotopic (exact) mass is 230 g/mol. The van der Waals surface area contributed by atoms with Gasteiger partial charge in [-0.25, -0.2) is 0 Å². The second-order valence-electron chi connectivity index (χ2n) is 2.38. The van der Waals surface area contributed by atoms with E-state index in [4.69, 9.17) is 0 Å². The van der Waals surface area contributed by atoms with Gasteiger partial charge in [0, 0.05) is 5.56 Å². The summed E-state index contributed by atoms with van der Waals surface area (Å²) in [6.07, 6.45) is 0. The minimum Gasteiger partial charge on any atom is -0.507 e. The van der Waals surface area contributed by atoms with Crippen LogP contribution in [0.4, 0.5) is 0 Å². The summed E-state index contributed by atoms with van der Waals surface area (Å²) in [5.41, 5.74) is 0.285. The molecule has 0 amide bonds. The Bertz CT molecular complexity index is 310. The lowest BCUT2D eigenvalue weighted by Gasteiger charge is -2.02. The number of phenols is 2. The zero-order chi connectivity index (χ0) is 9.30. The Kier molecular flexibility index (Phi) is 2.38. The van der Waals surface area contributed by atoms with Crippen molar-refractivity contribution in [3.8, 4) is 11.5 Å². The SMILES string of the molecule is CC(=O)c1cc(O)c(Br)c(O)c1. The highest BCUT2D eigenvalue weighted by atomic mass is 79.9. The molecule has 1 aromatic rings. The Morgan fingerprint density at radius 2 is 1.75 bits per heavy atom. The van der Waals surface area contributed by atoms with Gasteiger partial charge in [-0.2, -0.15) is 0 Å². The Morgan fingerprint density at radius 1 is 1.33 bits per heavy atom. The van der Waals surface area contributed by atoms with Crippen molar-refractivity contribution in [1.29, 1.82) is 0 Å².